The molecule has 1 atom stereocenters. The highest BCUT2D eigenvalue weighted by Gasteiger charge is 2.06. The van der Waals surface area contributed by atoms with E-state index in [1.54, 1.807) is 6.92 Å². The molecule has 2 N–H and O–H groups in total. The number of nitrogens with one attached hydrogen (secondary N) is 1. The van der Waals surface area contributed by atoms with Gasteiger partial charge in [0.2, 0.25) is 5.91 Å². The lowest BCUT2D eigenvalue weighted by Gasteiger charge is -2.10. The molecule has 0 saturated carbocycles. The zero-order chi connectivity index (χ0) is 12.7. The number of halogens is 1. The standard InChI is InChI=1S/C13H18ClNO2/c1-10(9-16)15-13(17)8-4-6-11-5-2-3-7-12(11)14/h2-3,5,7,10,16H,4,6,8-9H2,1H3,(H,15,17). The molecule has 0 aromatic heterocycles. The lowest BCUT2D eigenvalue weighted by molar-refractivity contribution is -0.122. The summed E-state index contributed by atoms with van der Waals surface area (Å²) in [6.45, 7) is 1.74. The fraction of sp³-hybridized carbons (Fsp3) is 0.462. The van der Waals surface area contributed by atoms with Crippen LogP contribution in [-0.2, 0) is 11.2 Å². The molecule has 0 aliphatic heterocycles. The van der Waals surface area contributed by atoms with Crippen molar-refractivity contribution in [1.29, 1.82) is 0 Å². The van der Waals surface area contributed by atoms with Crippen molar-refractivity contribution in [2.45, 2.75) is 32.2 Å². The van der Waals surface area contributed by atoms with Crippen LogP contribution in [0.15, 0.2) is 24.3 Å². The second kappa shape index (κ2) is 7.30. The van der Waals surface area contributed by atoms with Crippen molar-refractivity contribution >= 4 is 17.5 Å². The van der Waals surface area contributed by atoms with Gasteiger partial charge in [-0.3, -0.25) is 4.79 Å². The third kappa shape index (κ3) is 5.20. The number of carbonyl (C=O) groups excluding carboxylic acids is 1. The van der Waals surface area contributed by atoms with Crippen LogP contribution < -0.4 is 5.32 Å². The van der Waals surface area contributed by atoms with E-state index in [9.17, 15) is 4.79 Å². The molecule has 0 radical (unpaired) electrons. The first-order valence-corrected chi connectivity index (χ1v) is 6.15. The SMILES string of the molecule is CC(CO)NC(=O)CCCc1ccccc1Cl. The van der Waals surface area contributed by atoms with Gasteiger partial charge >= 0.3 is 0 Å². The number of benzene rings is 1. The Labute approximate surface area is 107 Å². The van der Waals surface area contributed by atoms with Crippen LogP contribution in [0.4, 0.5) is 0 Å². The molecular weight excluding hydrogens is 238 g/mol. The zero-order valence-corrected chi connectivity index (χ0v) is 10.7. The van der Waals surface area contributed by atoms with E-state index in [2.05, 4.69) is 5.32 Å². The summed E-state index contributed by atoms with van der Waals surface area (Å²) in [7, 11) is 0. The molecule has 1 unspecified atom stereocenters. The summed E-state index contributed by atoms with van der Waals surface area (Å²) in [5.41, 5.74) is 1.07. The molecular formula is C13H18ClNO2. The number of carbonyl (C=O) groups is 1. The van der Waals surface area contributed by atoms with Crippen molar-refractivity contribution in [2.75, 3.05) is 6.61 Å². The van der Waals surface area contributed by atoms with Crippen LogP contribution in [0.2, 0.25) is 5.02 Å². The fourth-order valence-electron chi connectivity index (χ4n) is 1.53. The van der Waals surface area contributed by atoms with Crippen molar-refractivity contribution in [1.82, 2.24) is 5.32 Å². The van der Waals surface area contributed by atoms with Crippen molar-refractivity contribution in [3.63, 3.8) is 0 Å². The Balaban J connectivity index is 2.29. The van der Waals surface area contributed by atoms with Gasteiger partial charge in [-0.05, 0) is 31.4 Å². The molecule has 0 saturated heterocycles. The molecule has 0 heterocycles. The largest absolute Gasteiger partial charge is 0.394 e. The molecule has 1 aromatic rings. The van der Waals surface area contributed by atoms with E-state index >= 15 is 0 Å². The first kappa shape index (κ1) is 14.0. The van der Waals surface area contributed by atoms with Gasteiger partial charge in [0.15, 0.2) is 0 Å². The average molecular weight is 256 g/mol. The summed E-state index contributed by atoms with van der Waals surface area (Å²) < 4.78 is 0. The Morgan fingerprint density at radius 2 is 2.18 bits per heavy atom. The van der Waals surface area contributed by atoms with Gasteiger partial charge in [0.1, 0.15) is 0 Å². The lowest BCUT2D eigenvalue weighted by Crippen LogP contribution is -2.34. The second-order valence-electron chi connectivity index (χ2n) is 4.10. The summed E-state index contributed by atoms with van der Waals surface area (Å²) in [5, 5.41) is 12.2. The summed E-state index contributed by atoms with van der Waals surface area (Å²) in [5.74, 6) is -0.0291. The van der Waals surface area contributed by atoms with E-state index in [0.29, 0.717) is 6.42 Å². The Kier molecular flexibility index (Phi) is 6.01. The van der Waals surface area contributed by atoms with Gasteiger partial charge in [-0.1, -0.05) is 29.8 Å². The number of rotatable bonds is 6. The molecule has 17 heavy (non-hydrogen) atoms. The van der Waals surface area contributed by atoms with Gasteiger partial charge < -0.3 is 10.4 Å². The molecule has 1 rings (SSSR count). The molecule has 1 aromatic carbocycles. The van der Waals surface area contributed by atoms with Crippen LogP contribution >= 0.6 is 11.6 Å². The maximum absolute atomic E-state index is 11.4. The Morgan fingerprint density at radius 3 is 2.82 bits per heavy atom. The van der Waals surface area contributed by atoms with Crippen molar-refractivity contribution in [3.8, 4) is 0 Å². The predicted octanol–water partition coefficient (Wildman–Crippen LogP) is 2.16. The van der Waals surface area contributed by atoms with Crippen LogP contribution in [0.1, 0.15) is 25.3 Å². The minimum absolute atomic E-state index is 0.0291. The van der Waals surface area contributed by atoms with Crippen LogP contribution in [0.5, 0.6) is 0 Å². The first-order chi connectivity index (χ1) is 8.13. The number of hydrogen-bond acceptors (Lipinski definition) is 2. The number of amides is 1. The fourth-order valence-corrected chi connectivity index (χ4v) is 1.76. The van der Waals surface area contributed by atoms with Crippen LogP contribution in [0.25, 0.3) is 0 Å². The Hall–Kier alpha value is -1.06. The first-order valence-electron chi connectivity index (χ1n) is 5.77. The molecule has 4 heteroatoms. The molecule has 94 valence electrons. The van der Waals surface area contributed by atoms with E-state index in [1.807, 2.05) is 24.3 Å². The van der Waals surface area contributed by atoms with Gasteiger partial charge in [-0.25, -0.2) is 0 Å². The summed E-state index contributed by atoms with van der Waals surface area (Å²) >= 11 is 6.01. The minimum Gasteiger partial charge on any atom is -0.394 e. The van der Waals surface area contributed by atoms with E-state index in [4.69, 9.17) is 16.7 Å². The quantitative estimate of drug-likeness (QED) is 0.819. The van der Waals surface area contributed by atoms with Crippen molar-refractivity contribution in [3.05, 3.63) is 34.9 Å². The molecule has 1 amide bonds. The second-order valence-corrected chi connectivity index (χ2v) is 4.50. The predicted molar refractivity (Wildman–Crippen MR) is 69.1 cm³/mol. The highest BCUT2D eigenvalue weighted by atomic mass is 35.5. The minimum atomic E-state index is -0.178. The third-order valence-corrected chi connectivity index (χ3v) is 2.86. The normalized spacial score (nSPS) is 12.2. The van der Waals surface area contributed by atoms with Crippen LogP contribution in [-0.4, -0.2) is 23.7 Å². The Morgan fingerprint density at radius 1 is 1.47 bits per heavy atom. The van der Waals surface area contributed by atoms with Gasteiger partial charge in [0.05, 0.1) is 6.61 Å². The maximum atomic E-state index is 11.4. The maximum Gasteiger partial charge on any atom is 0.220 e. The van der Waals surface area contributed by atoms with Gasteiger partial charge in [0, 0.05) is 17.5 Å². The van der Waals surface area contributed by atoms with Crippen molar-refractivity contribution < 1.29 is 9.90 Å². The number of hydrogen-bond donors (Lipinski definition) is 2. The molecule has 0 aliphatic rings. The average Bonchev–Trinajstić information content (AvgIpc) is 2.31. The van der Waals surface area contributed by atoms with Gasteiger partial charge in [-0.2, -0.15) is 0 Å². The van der Waals surface area contributed by atoms with Crippen molar-refractivity contribution in [2.24, 2.45) is 0 Å². The number of aliphatic hydroxyl groups is 1. The topological polar surface area (TPSA) is 49.3 Å². The molecule has 3 nitrogen and oxygen atoms in total. The van der Waals surface area contributed by atoms with Gasteiger partial charge in [0.25, 0.3) is 0 Å². The monoisotopic (exact) mass is 255 g/mol. The van der Waals surface area contributed by atoms with Gasteiger partial charge in [-0.15, -0.1) is 0 Å². The zero-order valence-electron chi connectivity index (χ0n) is 9.95. The van der Waals surface area contributed by atoms with E-state index < -0.39 is 0 Å². The highest BCUT2D eigenvalue weighted by molar-refractivity contribution is 6.31. The van der Waals surface area contributed by atoms with E-state index in [1.165, 1.54) is 0 Å². The highest BCUT2D eigenvalue weighted by Crippen LogP contribution is 2.16. The number of aliphatic hydroxyl groups excluding tert-OH is 1. The van der Waals surface area contributed by atoms with Crippen LogP contribution in [0, 0.1) is 0 Å². The molecule has 0 aliphatic carbocycles. The molecule has 0 bridgehead atoms. The van der Waals surface area contributed by atoms with E-state index in [0.717, 1.165) is 23.4 Å². The molecule has 0 fully saturated rings. The van der Waals surface area contributed by atoms with E-state index in [-0.39, 0.29) is 18.6 Å². The molecule has 0 spiro atoms. The lowest BCUT2D eigenvalue weighted by atomic mass is 10.1. The van der Waals surface area contributed by atoms with Crippen LogP contribution in [0.3, 0.4) is 0 Å². The summed E-state index contributed by atoms with van der Waals surface area (Å²) in [6.07, 6.45) is 2.00. The Bertz CT molecular complexity index is 368. The third-order valence-electron chi connectivity index (χ3n) is 2.49. The summed E-state index contributed by atoms with van der Waals surface area (Å²) in [6, 6.07) is 7.47. The summed E-state index contributed by atoms with van der Waals surface area (Å²) in [4.78, 5) is 11.4. The smallest absolute Gasteiger partial charge is 0.220 e. The number of aryl methyl sites for hydroxylation is 1.